The molecule has 0 saturated carbocycles. The maximum Gasteiger partial charge on any atom is 0.492 e. The number of primary amides is 1. The van der Waals surface area contributed by atoms with Crippen LogP contribution in [-0.2, 0) is 4.79 Å². The van der Waals surface area contributed by atoms with Gasteiger partial charge in [-0.15, -0.1) is 0 Å². The van der Waals surface area contributed by atoms with Crippen molar-refractivity contribution in [2.75, 3.05) is 11.5 Å². The molecular formula is C6H15NO4SSi. The highest BCUT2D eigenvalue weighted by Gasteiger charge is 2.25. The Morgan fingerprint density at radius 1 is 1.31 bits per heavy atom. The molecule has 5 nitrogen and oxygen atoms in total. The Morgan fingerprint density at radius 3 is 2.38 bits per heavy atom. The molecule has 0 aromatic heterocycles. The van der Waals surface area contributed by atoms with E-state index in [1.54, 1.807) is 0 Å². The zero-order valence-electron chi connectivity index (χ0n) is 7.27. The van der Waals surface area contributed by atoms with Crippen molar-refractivity contribution in [2.45, 2.75) is 18.9 Å². The summed E-state index contributed by atoms with van der Waals surface area (Å²) in [5, 5.41) is 0. The van der Waals surface area contributed by atoms with Gasteiger partial charge in [-0.2, -0.15) is 11.8 Å². The van der Waals surface area contributed by atoms with Gasteiger partial charge in [0.05, 0.1) is 0 Å². The van der Waals surface area contributed by atoms with Gasteiger partial charge >= 0.3 is 8.80 Å². The fraction of sp³-hybridized carbons (Fsp3) is 0.833. The molecule has 7 heteroatoms. The SMILES string of the molecule is NC(=O)CCSCCC[Si](O)(O)O. The van der Waals surface area contributed by atoms with Gasteiger partial charge in [-0.05, 0) is 12.2 Å². The molecule has 0 atom stereocenters. The van der Waals surface area contributed by atoms with Gasteiger partial charge in [0.25, 0.3) is 0 Å². The fourth-order valence-corrected chi connectivity index (χ4v) is 2.49. The molecule has 0 rings (SSSR count). The van der Waals surface area contributed by atoms with Crippen LogP contribution in [0.5, 0.6) is 0 Å². The van der Waals surface area contributed by atoms with E-state index < -0.39 is 8.80 Å². The van der Waals surface area contributed by atoms with Crippen LogP contribution >= 0.6 is 11.8 Å². The summed E-state index contributed by atoms with van der Waals surface area (Å²) in [6.45, 7) is 0. The molecule has 0 aromatic rings. The van der Waals surface area contributed by atoms with Crippen molar-refractivity contribution in [3.63, 3.8) is 0 Å². The normalized spacial score (nSPS) is 11.6. The summed E-state index contributed by atoms with van der Waals surface area (Å²) in [5.74, 6) is 1.01. The van der Waals surface area contributed by atoms with Gasteiger partial charge in [-0.25, -0.2) is 0 Å². The van der Waals surface area contributed by atoms with Crippen molar-refractivity contribution in [3.05, 3.63) is 0 Å². The van der Waals surface area contributed by atoms with Gasteiger partial charge in [0.15, 0.2) is 0 Å². The Morgan fingerprint density at radius 2 is 1.92 bits per heavy atom. The topological polar surface area (TPSA) is 104 Å². The summed E-state index contributed by atoms with van der Waals surface area (Å²) in [6, 6.07) is 0.0522. The zero-order valence-corrected chi connectivity index (χ0v) is 9.09. The Labute approximate surface area is 82.3 Å². The first kappa shape index (κ1) is 12.9. The predicted octanol–water partition coefficient (Wildman–Crippen LogP) is -1.10. The van der Waals surface area contributed by atoms with Gasteiger partial charge < -0.3 is 20.1 Å². The lowest BCUT2D eigenvalue weighted by Gasteiger charge is -2.07. The third-order valence-electron chi connectivity index (χ3n) is 1.29. The maximum atomic E-state index is 10.3. The standard InChI is InChI=1S/C6H15NO4SSi/c7-6(8)2-4-12-3-1-5-13(9,10)11/h9-11H,1-5H2,(H2,7,8). The number of hydrogen-bond donors (Lipinski definition) is 4. The monoisotopic (exact) mass is 225 g/mol. The van der Waals surface area contributed by atoms with Crippen LogP contribution in [0.15, 0.2) is 0 Å². The van der Waals surface area contributed by atoms with Crippen molar-refractivity contribution < 1.29 is 19.2 Å². The van der Waals surface area contributed by atoms with Gasteiger partial charge in [-0.3, -0.25) is 4.79 Å². The molecular weight excluding hydrogens is 210 g/mol. The average molecular weight is 225 g/mol. The van der Waals surface area contributed by atoms with E-state index in [2.05, 4.69) is 0 Å². The summed E-state index contributed by atoms with van der Waals surface area (Å²) in [5.41, 5.74) is 4.91. The molecule has 1 amide bonds. The highest BCUT2D eigenvalue weighted by Crippen LogP contribution is 2.09. The third-order valence-corrected chi connectivity index (χ3v) is 3.39. The summed E-state index contributed by atoms with van der Waals surface area (Å²) >= 11 is 1.51. The Balaban J connectivity index is 3.13. The van der Waals surface area contributed by atoms with E-state index in [0.29, 0.717) is 24.3 Å². The lowest BCUT2D eigenvalue weighted by Crippen LogP contribution is -2.34. The minimum absolute atomic E-state index is 0.0522. The Bertz CT molecular complexity index is 161. The number of rotatable bonds is 7. The smallest absolute Gasteiger partial charge is 0.390 e. The minimum atomic E-state index is -3.84. The van der Waals surface area contributed by atoms with Crippen molar-refractivity contribution in [1.29, 1.82) is 0 Å². The van der Waals surface area contributed by atoms with Crippen LogP contribution in [0, 0.1) is 0 Å². The number of amides is 1. The number of thioether (sulfide) groups is 1. The second kappa shape index (κ2) is 6.38. The number of carbonyl (C=O) groups excluding carboxylic acids is 1. The van der Waals surface area contributed by atoms with E-state index in [9.17, 15) is 4.79 Å². The van der Waals surface area contributed by atoms with E-state index in [1.807, 2.05) is 0 Å². The van der Waals surface area contributed by atoms with Crippen molar-refractivity contribution in [1.82, 2.24) is 0 Å². The van der Waals surface area contributed by atoms with Gasteiger partial charge in [0.2, 0.25) is 5.91 Å². The number of nitrogens with two attached hydrogens (primary N) is 1. The molecule has 0 bridgehead atoms. The van der Waals surface area contributed by atoms with Crippen molar-refractivity contribution in [3.8, 4) is 0 Å². The molecule has 0 aliphatic heterocycles. The van der Waals surface area contributed by atoms with Crippen LogP contribution in [-0.4, -0.2) is 40.6 Å². The van der Waals surface area contributed by atoms with Gasteiger partial charge in [0, 0.05) is 18.2 Å². The lowest BCUT2D eigenvalue weighted by molar-refractivity contribution is -0.117. The highest BCUT2D eigenvalue weighted by atomic mass is 32.2. The third kappa shape index (κ3) is 11.9. The first-order valence-corrected chi connectivity index (χ1v) is 7.15. The molecule has 0 fully saturated rings. The predicted molar refractivity (Wildman–Crippen MR) is 53.0 cm³/mol. The zero-order chi connectivity index (χ0) is 10.3. The molecule has 0 radical (unpaired) electrons. The number of carbonyl (C=O) groups is 1. The molecule has 0 aliphatic carbocycles. The van der Waals surface area contributed by atoms with Crippen LogP contribution in [0.4, 0.5) is 0 Å². The van der Waals surface area contributed by atoms with Crippen LogP contribution in [0.1, 0.15) is 12.8 Å². The maximum absolute atomic E-state index is 10.3. The summed E-state index contributed by atoms with van der Waals surface area (Å²) in [6.07, 6.45) is 0.879. The van der Waals surface area contributed by atoms with E-state index in [1.165, 1.54) is 11.8 Å². The largest absolute Gasteiger partial charge is 0.492 e. The molecule has 5 N–H and O–H groups in total. The summed E-state index contributed by atoms with van der Waals surface area (Å²) in [7, 11) is -3.84. The van der Waals surface area contributed by atoms with Crippen LogP contribution in [0.25, 0.3) is 0 Å². The highest BCUT2D eigenvalue weighted by molar-refractivity contribution is 7.99. The molecule has 0 saturated heterocycles. The quantitative estimate of drug-likeness (QED) is 0.325. The van der Waals surface area contributed by atoms with Gasteiger partial charge in [-0.1, -0.05) is 0 Å². The average Bonchev–Trinajstić information content (AvgIpc) is 1.93. The molecule has 0 aromatic carbocycles. The molecule has 0 aliphatic rings. The first-order valence-electron chi connectivity index (χ1n) is 3.95. The lowest BCUT2D eigenvalue weighted by atomic mass is 10.5. The molecule has 0 heterocycles. The molecule has 13 heavy (non-hydrogen) atoms. The van der Waals surface area contributed by atoms with E-state index >= 15 is 0 Å². The fourth-order valence-electron chi connectivity index (χ4n) is 0.686. The Hall–Kier alpha value is -0.0831. The summed E-state index contributed by atoms with van der Waals surface area (Å²) in [4.78, 5) is 36.2. The Kier molecular flexibility index (Phi) is 6.34. The van der Waals surface area contributed by atoms with Crippen LogP contribution in [0.3, 0.4) is 0 Å². The van der Waals surface area contributed by atoms with Crippen LogP contribution < -0.4 is 5.73 Å². The van der Waals surface area contributed by atoms with E-state index in [0.717, 1.165) is 0 Å². The second-order valence-electron chi connectivity index (χ2n) is 2.71. The first-order chi connectivity index (χ1) is 5.92. The molecule has 0 unspecified atom stereocenters. The van der Waals surface area contributed by atoms with Gasteiger partial charge in [0.1, 0.15) is 0 Å². The minimum Gasteiger partial charge on any atom is -0.390 e. The van der Waals surface area contributed by atoms with Crippen molar-refractivity contribution >= 4 is 26.5 Å². The van der Waals surface area contributed by atoms with E-state index in [-0.39, 0.29) is 12.0 Å². The second-order valence-corrected chi connectivity index (χ2v) is 5.98. The molecule has 0 spiro atoms. The summed E-state index contributed by atoms with van der Waals surface area (Å²) < 4.78 is 0. The molecule has 78 valence electrons. The number of hydrogen-bond acceptors (Lipinski definition) is 5. The van der Waals surface area contributed by atoms with Crippen molar-refractivity contribution in [2.24, 2.45) is 5.73 Å². The van der Waals surface area contributed by atoms with Crippen LogP contribution in [0.2, 0.25) is 6.04 Å². The van der Waals surface area contributed by atoms with E-state index in [4.69, 9.17) is 20.1 Å².